The number of esters is 4. The average Bonchev–Trinajstić information content (AvgIpc) is 3.09. The zero-order chi connectivity index (χ0) is 22.9. The summed E-state index contributed by atoms with van der Waals surface area (Å²) in [5.41, 5.74) is -14.3. The van der Waals surface area contributed by atoms with Crippen LogP contribution < -0.4 is 0 Å². The third-order valence-electron chi connectivity index (χ3n) is 4.63. The van der Waals surface area contributed by atoms with Gasteiger partial charge in [-0.25, -0.2) is 19.2 Å². The van der Waals surface area contributed by atoms with Crippen molar-refractivity contribution in [2.24, 2.45) is 0 Å². The third-order valence-corrected chi connectivity index (χ3v) is 7.94. The van der Waals surface area contributed by atoms with Gasteiger partial charge in [-0.1, -0.05) is 0 Å². The number of carbonyl (C=O) groups is 4. The molecule has 0 fully saturated rings. The van der Waals surface area contributed by atoms with Crippen molar-refractivity contribution in [3.05, 3.63) is 58.7 Å². The molecule has 0 aliphatic carbocycles. The van der Waals surface area contributed by atoms with E-state index in [9.17, 15) is 45.5 Å². The van der Waals surface area contributed by atoms with E-state index in [0.29, 0.717) is 36.4 Å². The van der Waals surface area contributed by atoms with E-state index >= 15 is 0 Å². The Balaban J connectivity index is 2.06. The molecule has 0 saturated carbocycles. The van der Waals surface area contributed by atoms with E-state index in [4.69, 9.17) is 0 Å². The van der Waals surface area contributed by atoms with Crippen molar-refractivity contribution in [2.75, 3.05) is 0 Å². The van der Waals surface area contributed by atoms with Gasteiger partial charge in [0.05, 0.1) is 22.3 Å². The summed E-state index contributed by atoms with van der Waals surface area (Å²) >= 11 is 0. The molecular formula is C18H6F6O6S. The minimum atomic E-state index is -5.95. The van der Waals surface area contributed by atoms with Gasteiger partial charge >= 0.3 is 34.9 Å². The van der Waals surface area contributed by atoms with Crippen LogP contribution in [0.25, 0.3) is 0 Å². The molecule has 0 spiro atoms. The Morgan fingerprint density at radius 3 is 1.19 bits per heavy atom. The number of halogens is 6. The van der Waals surface area contributed by atoms with E-state index in [1.165, 1.54) is 0 Å². The molecule has 13 heteroatoms. The minimum Gasteiger partial charge on any atom is -0.386 e. The summed E-state index contributed by atoms with van der Waals surface area (Å²) in [7, 11) is -5.95. The van der Waals surface area contributed by atoms with Gasteiger partial charge in [0.1, 0.15) is 0 Å². The van der Waals surface area contributed by atoms with Crippen LogP contribution in [0.15, 0.2) is 46.2 Å². The third kappa shape index (κ3) is 2.76. The van der Waals surface area contributed by atoms with Gasteiger partial charge in [0.25, 0.3) is 0 Å². The molecule has 31 heavy (non-hydrogen) atoms. The molecule has 2 aromatic rings. The molecule has 0 aromatic heterocycles. The first kappa shape index (κ1) is 20.9. The lowest BCUT2D eigenvalue weighted by Gasteiger charge is -2.43. The van der Waals surface area contributed by atoms with Crippen molar-refractivity contribution in [3.63, 3.8) is 0 Å². The molecule has 0 radical (unpaired) electrons. The maximum absolute atomic E-state index is 14.2. The second kappa shape index (κ2) is 6.33. The van der Waals surface area contributed by atoms with Crippen molar-refractivity contribution < 1.29 is 55.0 Å². The Labute approximate surface area is 169 Å². The van der Waals surface area contributed by atoms with Crippen molar-refractivity contribution in [2.45, 2.75) is 20.8 Å². The summed E-state index contributed by atoms with van der Waals surface area (Å²) in [6, 6.07) is 2.78. The second-order valence-corrected chi connectivity index (χ2v) is 9.37. The van der Waals surface area contributed by atoms with Crippen LogP contribution in [0.3, 0.4) is 0 Å². The highest BCUT2D eigenvalue weighted by Gasteiger charge is 2.68. The molecule has 0 unspecified atom stereocenters. The Kier molecular flexibility index (Phi) is 4.27. The monoisotopic (exact) mass is 464 g/mol. The van der Waals surface area contributed by atoms with Crippen LogP contribution in [0, 0.1) is 0 Å². The van der Waals surface area contributed by atoms with Gasteiger partial charge in [-0.15, -0.1) is 0 Å². The van der Waals surface area contributed by atoms with Crippen LogP contribution in [0.2, 0.25) is 0 Å². The van der Waals surface area contributed by atoms with E-state index in [-0.39, 0.29) is 0 Å². The van der Waals surface area contributed by atoms with Crippen LogP contribution in [0.4, 0.5) is 26.3 Å². The average molecular weight is 464 g/mol. The zero-order valence-corrected chi connectivity index (χ0v) is 15.4. The zero-order valence-electron chi connectivity index (χ0n) is 14.6. The quantitative estimate of drug-likeness (QED) is 0.368. The van der Waals surface area contributed by atoms with Crippen LogP contribution in [-0.2, 0) is 9.47 Å². The fraction of sp³-hybridized carbons (Fsp3) is 0.111. The van der Waals surface area contributed by atoms with Gasteiger partial charge in [-0.2, -0.15) is 26.3 Å². The summed E-state index contributed by atoms with van der Waals surface area (Å²) in [6.45, 7) is 0. The molecule has 2 aliphatic rings. The fourth-order valence-corrected chi connectivity index (χ4v) is 6.05. The molecule has 0 N–H and O–H groups in total. The second-order valence-electron chi connectivity index (χ2n) is 6.27. The standard InChI is InChI=1S/C18H6F6O6S/c19-17(20,21)31(18(22,23)24,7-1-3-9-11(5-7)15(27)29-13(9)25)8-2-4-10-12(6-8)16(28)30-14(10)26/h1-6H. The fourth-order valence-electron chi connectivity index (χ4n) is 3.31. The molecule has 2 aliphatic heterocycles. The minimum absolute atomic E-state index is 0.315. The Bertz CT molecular complexity index is 1110. The molecule has 0 amide bonds. The van der Waals surface area contributed by atoms with Gasteiger partial charge in [0.15, 0.2) is 0 Å². The predicted octanol–water partition coefficient (Wildman–Crippen LogP) is 4.57. The summed E-state index contributed by atoms with van der Waals surface area (Å²) in [4.78, 5) is 43.8. The lowest BCUT2D eigenvalue weighted by atomic mass is 10.1. The van der Waals surface area contributed by atoms with Crippen molar-refractivity contribution in [1.29, 1.82) is 0 Å². The molecule has 0 atom stereocenters. The van der Waals surface area contributed by atoms with Crippen LogP contribution in [-0.4, -0.2) is 34.9 Å². The van der Waals surface area contributed by atoms with Crippen molar-refractivity contribution in [3.8, 4) is 0 Å². The first-order valence-corrected chi connectivity index (χ1v) is 9.69. The van der Waals surface area contributed by atoms with Gasteiger partial charge in [0, 0.05) is 19.8 Å². The highest BCUT2D eigenvalue weighted by molar-refractivity contribution is 8.35. The normalized spacial score (nSPS) is 16.7. The molecular weight excluding hydrogens is 458 g/mol. The number of carbonyl (C=O) groups excluding carboxylic acids is 4. The van der Waals surface area contributed by atoms with Crippen LogP contribution >= 0.6 is 10.0 Å². The summed E-state index contributed by atoms with van der Waals surface area (Å²) in [5.74, 6) is -5.18. The number of alkyl halides is 6. The number of hydrogen-bond donors (Lipinski definition) is 0. The maximum Gasteiger partial charge on any atom is 0.440 e. The molecule has 4 rings (SSSR count). The summed E-state index contributed by atoms with van der Waals surface area (Å²) in [6.07, 6.45) is 0. The number of hydrogen-bond acceptors (Lipinski definition) is 6. The Morgan fingerprint density at radius 1 is 0.548 bits per heavy atom. The van der Waals surface area contributed by atoms with E-state index in [1.54, 1.807) is 0 Å². The molecule has 6 nitrogen and oxygen atoms in total. The van der Waals surface area contributed by atoms with Gasteiger partial charge in [-0.05, 0) is 36.4 Å². The van der Waals surface area contributed by atoms with Crippen LogP contribution in [0.5, 0.6) is 0 Å². The molecule has 162 valence electrons. The van der Waals surface area contributed by atoms with E-state index in [1.807, 2.05) is 0 Å². The molecule has 2 heterocycles. The topological polar surface area (TPSA) is 86.7 Å². The first-order chi connectivity index (χ1) is 14.3. The summed E-state index contributed by atoms with van der Waals surface area (Å²) < 4.78 is 93.9. The maximum atomic E-state index is 14.2. The number of rotatable bonds is 2. The number of cyclic esters (lactones) is 4. The summed E-state index contributed by atoms with van der Waals surface area (Å²) in [5, 5.41) is 0. The molecule has 0 bridgehead atoms. The number of fused-ring (bicyclic) bond motifs is 2. The van der Waals surface area contributed by atoms with Crippen LogP contribution in [0.1, 0.15) is 41.4 Å². The smallest absolute Gasteiger partial charge is 0.386 e. The lowest BCUT2D eigenvalue weighted by molar-refractivity contribution is -0.0801. The van der Waals surface area contributed by atoms with Crippen molar-refractivity contribution >= 4 is 33.9 Å². The van der Waals surface area contributed by atoms with Gasteiger partial charge in [-0.3, -0.25) is 0 Å². The molecule has 2 aromatic carbocycles. The van der Waals surface area contributed by atoms with E-state index < -0.39 is 77.0 Å². The predicted molar refractivity (Wildman–Crippen MR) is 88.6 cm³/mol. The number of ether oxygens (including phenoxy) is 2. The highest BCUT2D eigenvalue weighted by atomic mass is 32.3. The SMILES string of the molecule is O=C1OC(=O)c2cc(S(c3ccc4c(c3)C(=O)OC4=O)(C(F)(F)F)C(F)(F)F)ccc21. The number of benzene rings is 2. The highest BCUT2D eigenvalue weighted by Crippen LogP contribution is 2.80. The largest absolute Gasteiger partial charge is 0.440 e. The Hall–Kier alpha value is -3.35. The first-order valence-electron chi connectivity index (χ1n) is 8.06. The van der Waals surface area contributed by atoms with Crippen molar-refractivity contribution in [1.82, 2.24) is 0 Å². The van der Waals surface area contributed by atoms with Gasteiger partial charge in [0.2, 0.25) is 0 Å². The van der Waals surface area contributed by atoms with E-state index in [2.05, 4.69) is 9.47 Å². The lowest BCUT2D eigenvalue weighted by Crippen LogP contribution is -2.33. The molecule has 0 saturated heterocycles. The van der Waals surface area contributed by atoms with E-state index in [0.717, 1.165) is 0 Å². The Morgan fingerprint density at radius 2 is 0.871 bits per heavy atom. The van der Waals surface area contributed by atoms with Gasteiger partial charge < -0.3 is 9.47 Å².